The first kappa shape index (κ1) is 16.5. The lowest BCUT2D eigenvalue weighted by molar-refractivity contribution is 0.388. The molecule has 1 aromatic rings. The van der Waals surface area contributed by atoms with Crippen LogP contribution in [0.2, 0.25) is 0 Å². The molecule has 2 rings (SSSR count). The first-order valence-corrected chi connectivity index (χ1v) is 9.31. The van der Waals surface area contributed by atoms with Gasteiger partial charge in [0.25, 0.3) is 0 Å². The Morgan fingerprint density at radius 2 is 1.95 bits per heavy atom. The average Bonchev–Trinajstić information content (AvgIpc) is 2.48. The summed E-state index contributed by atoms with van der Waals surface area (Å²) in [4.78, 5) is 0. The third kappa shape index (κ3) is 5.09. The van der Waals surface area contributed by atoms with Crippen LogP contribution in [0.25, 0.3) is 0 Å². The Balaban J connectivity index is 1.87. The molecule has 1 aromatic carbocycles. The second-order valence-electron chi connectivity index (χ2n) is 5.99. The van der Waals surface area contributed by atoms with Crippen LogP contribution in [-0.4, -0.2) is 38.1 Å². The number of sulfonamides is 1. The van der Waals surface area contributed by atoms with E-state index in [1.165, 1.54) is 22.7 Å². The van der Waals surface area contributed by atoms with Crippen molar-refractivity contribution in [2.75, 3.05) is 19.3 Å². The molecule has 21 heavy (non-hydrogen) atoms. The fourth-order valence-corrected chi connectivity index (χ4v) is 3.91. The smallest absolute Gasteiger partial charge is 0.214 e. The van der Waals surface area contributed by atoms with Gasteiger partial charge in [-0.15, -0.1) is 0 Å². The minimum Gasteiger partial charge on any atom is -0.314 e. The van der Waals surface area contributed by atoms with Crippen LogP contribution in [-0.2, 0) is 16.6 Å². The molecular weight excluding hydrogens is 284 g/mol. The highest BCUT2D eigenvalue weighted by Crippen LogP contribution is 2.14. The summed E-state index contributed by atoms with van der Waals surface area (Å²) in [5.74, 6) is 0.229. The van der Waals surface area contributed by atoms with Gasteiger partial charge >= 0.3 is 0 Å². The van der Waals surface area contributed by atoms with Crippen molar-refractivity contribution in [1.29, 1.82) is 0 Å². The number of nitrogens with zero attached hydrogens (tertiary/aromatic N) is 1. The van der Waals surface area contributed by atoms with Crippen LogP contribution in [0.1, 0.15) is 36.8 Å². The molecule has 1 atom stereocenters. The molecule has 0 saturated carbocycles. The number of piperidine rings is 1. The van der Waals surface area contributed by atoms with Gasteiger partial charge in [-0.2, -0.15) is 0 Å². The second-order valence-corrected chi connectivity index (χ2v) is 8.19. The monoisotopic (exact) mass is 310 g/mol. The predicted molar refractivity (Wildman–Crippen MR) is 86.7 cm³/mol. The number of rotatable bonds is 6. The van der Waals surface area contributed by atoms with Crippen LogP contribution < -0.4 is 5.32 Å². The molecule has 1 saturated heterocycles. The normalized spacial score (nSPS) is 19.9. The molecule has 0 radical (unpaired) electrons. The predicted octanol–water partition coefficient (Wildman–Crippen LogP) is 2.29. The second kappa shape index (κ2) is 7.38. The van der Waals surface area contributed by atoms with Crippen LogP contribution in [0.15, 0.2) is 24.3 Å². The number of hydrogen-bond acceptors (Lipinski definition) is 3. The number of aryl methyl sites for hydroxylation is 1. The molecule has 1 unspecified atom stereocenters. The molecule has 1 heterocycles. The van der Waals surface area contributed by atoms with Crippen molar-refractivity contribution in [3.8, 4) is 0 Å². The number of nitrogens with one attached hydrogen (secondary N) is 1. The molecule has 118 valence electrons. The highest BCUT2D eigenvalue weighted by Gasteiger charge is 2.21. The van der Waals surface area contributed by atoms with Gasteiger partial charge in [-0.05, 0) is 38.3 Å². The van der Waals surface area contributed by atoms with Crippen LogP contribution in [0.4, 0.5) is 0 Å². The van der Waals surface area contributed by atoms with Gasteiger partial charge in [0.05, 0.1) is 5.75 Å². The van der Waals surface area contributed by atoms with Crippen molar-refractivity contribution >= 4 is 10.0 Å². The van der Waals surface area contributed by atoms with Crippen LogP contribution in [0.3, 0.4) is 0 Å². The standard InChI is InChI=1S/C16H26N2O2S/c1-14-6-8-15(9-7-14)13-18(2)21(19,20)12-10-16-5-3-4-11-17-16/h6-9,16-17H,3-5,10-13H2,1-2H3. The van der Waals surface area contributed by atoms with Crippen molar-refractivity contribution < 1.29 is 8.42 Å². The summed E-state index contributed by atoms with van der Waals surface area (Å²) in [6.45, 7) is 3.49. The number of benzene rings is 1. The van der Waals surface area contributed by atoms with Gasteiger partial charge in [0.15, 0.2) is 0 Å². The molecular formula is C16H26N2O2S. The van der Waals surface area contributed by atoms with Crippen molar-refractivity contribution in [3.05, 3.63) is 35.4 Å². The molecule has 0 spiro atoms. The van der Waals surface area contributed by atoms with Gasteiger partial charge in [-0.25, -0.2) is 12.7 Å². The zero-order valence-corrected chi connectivity index (χ0v) is 13.8. The van der Waals surface area contributed by atoms with E-state index in [4.69, 9.17) is 0 Å². The Labute approximate surface area is 128 Å². The van der Waals surface area contributed by atoms with E-state index in [0.717, 1.165) is 18.5 Å². The molecule has 0 aromatic heterocycles. The van der Waals surface area contributed by atoms with E-state index in [1.807, 2.05) is 31.2 Å². The summed E-state index contributed by atoms with van der Waals surface area (Å²) >= 11 is 0. The molecule has 1 aliphatic heterocycles. The van der Waals surface area contributed by atoms with E-state index in [0.29, 0.717) is 19.0 Å². The minimum absolute atomic E-state index is 0.229. The van der Waals surface area contributed by atoms with E-state index in [1.54, 1.807) is 7.05 Å². The molecule has 5 heteroatoms. The minimum atomic E-state index is -3.17. The fourth-order valence-electron chi connectivity index (χ4n) is 2.67. The van der Waals surface area contributed by atoms with E-state index in [-0.39, 0.29) is 5.75 Å². The quantitative estimate of drug-likeness (QED) is 0.877. The highest BCUT2D eigenvalue weighted by molar-refractivity contribution is 7.89. The van der Waals surface area contributed by atoms with Crippen molar-refractivity contribution in [2.24, 2.45) is 0 Å². The maximum absolute atomic E-state index is 12.3. The highest BCUT2D eigenvalue weighted by atomic mass is 32.2. The van der Waals surface area contributed by atoms with E-state index in [2.05, 4.69) is 5.32 Å². The van der Waals surface area contributed by atoms with Crippen molar-refractivity contribution in [3.63, 3.8) is 0 Å². The van der Waals surface area contributed by atoms with Gasteiger partial charge in [0.1, 0.15) is 0 Å². The zero-order chi connectivity index (χ0) is 15.3. The zero-order valence-electron chi connectivity index (χ0n) is 13.0. The third-order valence-electron chi connectivity index (χ3n) is 4.14. The Morgan fingerprint density at radius 3 is 2.57 bits per heavy atom. The average molecular weight is 310 g/mol. The molecule has 1 N–H and O–H groups in total. The van der Waals surface area contributed by atoms with Crippen LogP contribution in [0.5, 0.6) is 0 Å². The lowest BCUT2D eigenvalue weighted by atomic mass is 10.0. The van der Waals surface area contributed by atoms with Gasteiger partial charge < -0.3 is 5.32 Å². The SMILES string of the molecule is Cc1ccc(CN(C)S(=O)(=O)CCC2CCCCN2)cc1. The van der Waals surface area contributed by atoms with Crippen molar-refractivity contribution in [2.45, 2.75) is 45.2 Å². The first-order chi connectivity index (χ1) is 9.97. The van der Waals surface area contributed by atoms with E-state index in [9.17, 15) is 8.42 Å². The van der Waals surface area contributed by atoms with Gasteiger partial charge in [0, 0.05) is 19.6 Å². The van der Waals surface area contributed by atoms with Gasteiger partial charge in [0.2, 0.25) is 10.0 Å². The van der Waals surface area contributed by atoms with Crippen molar-refractivity contribution in [1.82, 2.24) is 9.62 Å². The Kier molecular flexibility index (Phi) is 5.79. The van der Waals surface area contributed by atoms with Gasteiger partial charge in [-0.3, -0.25) is 0 Å². The Bertz CT molecular complexity index is 534. The Morgan fingerprint density at radius 1 is 1.24 bits per heavy atom. The summed E-state index contributed by atoms with van der Waals surface area (Å²) in [5.41, 5.74) is 2.22. The Hall–Kier alpha value is -0.910. The maximum Gasteiger partial charge on any atom is 0.214 e. The summed E-state index contributed by atoms with van der Waals surface area (Å²) in [7, 11) is -1.50. The largest absolute Gasteiger partial charge is 0.314 e. The molecule has 0 aliphatic carbocycles. The molecule has 0 bridgehead atoms. The molecule has 0 amide bonds. The maximum atomic E-state index is 12.3. The van der Waals surface area contributed by atoms with E-state index >= 15 is 0 Å². The van der Waals surface area contributed by atoms with Crippen LogP contribution in [0, 0.1) is 6.92 Å². The summed E-state index contributed by atoms with van der Waals surface area (Å²) < 4.78 is 26.2. The first-order valence-electron chi connectivity index (χ1n) is 7.70. The molecule has 4 nitrogen and oxygen atoms in total. The summed E-state index contributed by atoms with van der Waals surface area (Å²) in [6.07, 6.45) is 4.21. The summed E-state index contributed by atoms with van der Waals surface area (Å²) in [5, 5.41) is 3.40. The number of hydrogen-bond donors (Lipinski definition) is 1. The lowest BCUT2D eigenvalue weighted by Crippen LogP contribution is -2.37. The lowest BCUT2D eigenvalue weighted by Gasteiger charge is -2.24. The topological polar surface area (TPSA) is 49.4 Å². The third-order valence-corrected chi connectivity index (χ3v) is 5.97. The van der Waals surface area contributed by atoms with Gasteiger partial charge in [-0.1, -0.05) is 36.2 Å². The molecule has 1 aliphatic rings. The molecule has 1 fully saturated rings. The van der Waals surface area contributed by atoms with Crippen LogP contribution >= 0.6 is 0 Å². The van der Waals surface area contributed by atoms with E-state index < -0.39 is 10.0 Å². The fraction of sp³-hybridized carbons (Fsp3) is 0.625. The summed E-state index contributed by atoms with van der Waals surface area (Å²) in [6, 6.07) is 8.37.